The maximum Gasteiger partial charge on any atom is 0.123 e. The highest BCUT2D eigenvalue weighted by Crippen LogP contribution is 2.49. The molecule has 0 N–H and O–H groups in total. The van der Waals surface area contributed by atoms with Crippen LogP contribution in [0, 0.1) is 5.82 Å². The Morgan fingerprint density at radius 2 is 0.774 bits per heavy atom. The highest BCUT2D eigenvalue weighted by molar-refractivity contribution is 6.37. The fourth-order valence-corrected chi connectivity index (χ4v) is 8.86. The van der Waals surface area contributed by atoms with Gasteiger partial charge in [-0.05, 0) is 88.9 Å². The van der Waals surface area contributed by atoms with E-state index in [0.29, 0.717) is 0 Å². The third kappa shape index (κ3) is 4.39. The minimum Gasteiger partial charge on any atom is -0.246 e. The first-order valence-corrected chi connectivity index (χ1v) is 18.1. The highest BCUT2D eigenvalue weighted by atomic mass is 19.1. The number of pyridine rings is 1. The molecule has 0 aliphatic heterocycles. The van der Waals surface area contributed by atoms with E-state index in [9.17, 15) is 4.39 Å². The van der Waals surface area contributed by atoms with Crippen molar-refractivity contribution in [1.82, 2.24) is 4.98 Å². The number of fused-ring (bicyclic) bond motifs is 12. The van der Waals surface area contributed by atoms with Crippen LogP contribution in [-0.2, 0) is 0 Å². The van der Waals surface area contributed by atoms with Gasteiger partial charge in [0.15, 0.2) is 0 Å². The first kappa shape index (κ1) is 29.8. The van der Waals surface area contributed by atoms with Gasteiger partial charge in [0.2, 0.25) is 0 Å². The molecule has 0 saturated heterocycles. The van der Waals surface area contributed by atoms with Gasteiger partial charge in [-0.15, -0.1) is 0 Å². The molecule has 0 unspecified atom stereocenters. The highest BCUT2D eigenvalue weighted by Gasteiger charge is 2.23. The minimum atomic E-state index is -0.238. The van der Waals surface area contributed by atoms with Crippen molar-refractivity contribution in [3.05, 3.63) is 188 Å². The van der Waals surface area contributed by atoms with Crippen molar-refractivity contribution >= 4 is 75.5 Å². The van der Waals surface area contributed by atoms with Gasteiger partial charge in [-0.3, -0.25) is 0 Å². The molecule has 0 spiro atoms. The summed E-state index contributed by atoms with van der Waals surface area (Å²) in [6, 6.07) is 63.6. The summed E-state index contributed by atoms with van der Waals surface area (Å²) in [6.07, 6.45) is 0. The zero-order chi connectivity index (χ0) is 35.0. The Morgan fingerprint density at radius 3 is 1.38 bits per heavy atom. The van der Waals surface area contributed by atoms with E-state index < -0.39 is 0 Å². The van der Waals surface area contributed by atoms with E-state index in [4.69, 9.17) is 4.98 Å². The topological polar surface area (TPSA) is 12.9 Å². The molecule has 0 saturated carbocycles. The van der Waals surface area contributed by atoms with E-state index >= 15 is 0 Å². The molecule has 1 nitrogen and oxygen atoms in total. The third-order valence-electron chi connectivity index (χ3n) is 11.1. The molecular formula is C51H30FN. The summed E-state index contributed by atoms with van der Waals surface area (Å²) in [4.78, 5) is 5.65. The predicted octanol–water partition coefficient (Wildman–Crippen LogP) is 14.3. The lowest BCUT2D eigenvalue weighted by atomic mass is 9.82. The van der Waals surface area contributed by atoms with Crippen LogP contribution in [0.25, 0.3) is 109 Å². The van der Waals surface area contributed by atoms with E-state index in [1.54, 1.807) is 12.1 Å². The maximum absolute atomic E-state index is 14.2. The zero-order valence-corrected chi connectivity index (χ0v) is 28.6. The lowest BCUT2D eigenvalue weighted by molar-refractivity contribution is 0.628. The van der Waals surface area contributed by atoms with Crippen LogP contribution in [0.15, 0.2) is 182 Å². The molecule has 0 atom stereocenters. The molecule has 0 bridgehead atoms. The fraction of sp³-hybridized carbons (Fsp3) is 0. The first-order valence-electron chi connectivity index (χ1n) is 18.1. The van der Waals surface area contributed by atoms with Crippen molar-refractivity contribution in [2.45, 2.75) is 0 Å². The molecule has 11 aromatic rings. The second kappa shape index (κ2) is 11.6. The summed E-state index contributed by atoms with van der Waals surface area (Å²) < 4.78 is 14.2. The van der Waals surface area contributed by atoms with Gasteiger partial charge in [0.05, 0.1) is 11.2 Å². The van der Waals surface area contributed by atoms with Gasteiger partial charge in [-0.25, -0.2) is 9.37 Å². The molecular weight excluding hydrogens is 646 g/mol. The molecule has 11 rings (SSSR count). The molecule has 0 radical (unpaired) electrons. The molecule has 10 aromatic carbocycles. The minimum absolute atomic E-state index is 0.238. The number of rotatable bonds is 3. The van der Waals surface area contributed by atoms with E-state index in [0.717, 1.165) is 65.8 Å². The number of aromatic nitrogens is 1. The largest absolute Gasteiger partial charge is 0.246 e. The summed E-state index contributed by atoms with van der Waals surface area (Å²) in [5.41, 5.74) is 7.52. The molecule has 0 aliphatic carbocycles. The predicted molar refractivity (Wildman–Crippen MR) is 223 cm³/mol. The van der Waals surface area contributed by atoms with Crippen LogP contribution in [0.5, 0.6) is 0 Å². The summed E-state index contributed by atoms with van der Waals surface area (Å²) in [5.74, 6) is -0.238. The van der Waals surface area contributed by atoms with Crippen LogP contribution in [0.1, 0.15) is 0 Å². The Labute approximate surface area is 305 Å². The van der Waals surface area contributed by atoms with Crippen molar-refractivity contribution in [2.75, 3.05) is 0 Å². The van der Waals surface area contributed by atoms with E-state index in [-0.39, 0.29) is 5.82 Å². The van der Waals surface area contributed by atoms with Crippen molar-refractivity contribution in [2.24, 2.45) is 0 Å². The zero-order valence-electron chi connectivity index (χ0n) is 28.6. The van der Waals surface area contributed by atoms with Crippen LogP contribution in [-0.4, -0.2) is 4.98 Å². The summed E-state index contributed by atoms with van der Waals surface area (Å²) in [5, 5.41) is 15.3. The van der Waals surface area contributed by atoms with Gasteiger partial charge in [0.25, 0.3) is 0 Å². The monoisotopic (exact) mass is 675 g/mol. The standard InChI is InChI=1S/C51H30FN/c52-33-28-26-31(27-29-33)46-39-21-9-11-23-41(39)47(42-24-12-10-22-40(42)46)44-30-45-48(37-19-7-5-18-36(37)44)49-38-20-8-4-16-34(38)35-17-6-13-25-43(35)51(49)53-50(45)32-14-2-1-3-15-32/h1-30H. The van der Waals surface area contributed by atoms with Crippen LogP contribution in [0.3, 0.4) is 0 Å². The Hall–Kier alpha value is -6.90. The van der Waals surface area contributed by atoms with Crippen LogP contribution in [0.2, 0.25) is 0 Å². The van der Waals surface area contributed by atoms with Crippen molar-refractivity contribution in [3.63, 3.8) is 0 Å². The van der Waals surface area contributed by atoms with Gasteiger partial charge in [-0.1, -0.05) is 164 Å². The first-order chi connectivity index (χ1) is 26.2. The van der Waals surface area contributed by atoms with Crippen molar-refractivity contribution in [3.8, 4) is 33.5 Å². The Morgan fingerprint density at radius 1 is 0.321 bits per heavy atom. The summed E-state index contributed by atoms with van der Waals surface area (Å²) in [7, 11) is 0. The molecule has 1 aromatic heterocycles. The number of halogens is 1. The molecule has 53 heavy (non-hydrogen) atoms. The van der Waals surface area contributed by atoms with Crippen LogP contribution in [0.4, 0.5) is 4.39 Å². The molecule has 0 fully saturated rings. The van der Waals surface area contributed by atoms with Gasteiger partial charge in [0, 0.05) is 27.1 Å². The van der Waals surface area contributed by atoms with Gasteiger partial charge in [0.1, 0.15) is 5.82 Å². The average molecular weight is 676 g/mol. The average Bonchev–Trinajstić information content (AvgIpc) is 3.23. The molecule has 2 heteroatoms. The molecule has 0 aliphatic rings. The Bertz CT molecular complexity index is 3220. The second-order valence-corrected chi connectivity index (χ2v) is 13.9. The van der Waals surface area contributed by atoms with Crippen LogP contribution < -0.4 is 0 Å². The van der Waals surface area contributed by atoms with Crippen molar-refractivity contribution in [1.29, 1.82) is 0 Å². The molecule has 1 heterocycles. The second-order valence-electron chi connectivity index (χ2n) is 13.9. The SMILES string of the molecule is Fc1ccc(-c2c3ccccc3c(-c3cc4c(-c5ccccc5)nc5c6ccccc6c6ccccc6c5c4c4ccccc34)c3ccccc23)cc1. The summed E-state index contributed by atoms with van der Waals surface area (Å²) >= 11 is 0. The Balaban J connectivity index is 1.38. The number of hydrogen-bond donors (Lipinski definition) is 0. The lowest BCUT2D eigenvalue weighted by Gasteiger charge is -2.21. The maximum atomic E-state index is 14.2. The fourth-order valence-electron chi connectivity index (χ4n) is 8.86. The van der Waals surface area contributed by atoms with Gasteiger partial charge < -0.3 is 0 Å². The molecule has 246 valence electrons. The summed E-state index contributed by atoms with van der Waals surface area (Å²) in [6.45, 7) is 0. The number of nitrogens with zero attached hydrogens (tertiary/aromatic N) is 1. The van der Waals surface area contributed by atoms with E-state index in [1.807, 2.05) is 12.1 Å². The van der Waals surface area contributed by atoms with Crippen molar-refractivity contribution < 1.29 is 4.39 Å². The van der Waals surface area contributed by atoms with Gasteiger partial charge in [-0.2, -0.15) is 0 Å². The molecule has 0 amide bonds. The van der Waals surface area contributed by atoms with Gasteiger partial charge >= 0.3 is 0 Å². The quantitative estimate of drug-likeness (QED) is 0.134. The van der Waals surface area contributed by atoms with E-state index in [1.165, 1.54) is 43.3 Å². The smallest absolute Gasteiger partial charge is 0.123 e. The van der Waals surface area contributed by atoms with E-state index in [2.05, 4.69) is 158 Å². The number of hydrogen-bond acceptors (Lipinski definition) is 1. The third-order valence-corrected chi connectivity index (χ3v) is 11.1. The Kier molecular flexibility index (Phi) is 6.50. The number of benzene rings is 10. The van der Waals surface area contributed by atoms with Crippen LogP contribution >= 0.6 is 0 Å². The normalized spacial score (nSPS) is 11.9. The lowest BCUT2D eigenvalue weighted by Crippen LogP contribution is -1.96.